The molecule has 1 N–H and O–H groups in total. The summed E-state index contributed by atoms with van der Waals surface area (Å²) in [6.45, 7) is 2.03. The molecule has 0 saturated carbocycles. The van der Waals surface area contributed by atoms with Crippen molar-refractivity contribution in [2.45, 2.75) is 24.7 Å². The first-order valence-corrected chi connectivity index (χ1v) is 13.8. The second kappa shape index (κ2) is 11.9. The Bertz CT molecular complexity index is 1610. The van der Waals surface area contributed by atoms with Crippen molar-refractivity contribution in [3.05, 3.63) is 113 Å². The van der Waals surface area contributed by atoms with Gasteiger partial charge in [0.2, 0.25) is 11.8 Å². The summed E-state index contributed by atoms with van der Waals surface area (Å²) in [4.78, 5) is 38.9. The highest BCUT2D eigenvalue weighted by atomic mass is 32.2. The SMILES string of the molecule is CCN(C(=O)C(CCc1ccc([N+](=O)[O-])cc1)C(=O)NS(=O)(=O)c1ccc2ccccc2c1)c1ccccc1. The van der Waals surface area contributed by atoms with Crippen molar-refractivity contribution in [3.63, 3.8) is 0 Å². The standard InChI is InChI=1S/C29H27N3O6S/c1-2-31(24-10-4-3-5-11-24)29(34)27(19-14-21-12-16-25(17-13-21)32(35)36)28(33)30-39(37,38)26-18-15-22-8-6-7-9-23(22)20-26/h3-13,15-18,20,27H,2,14,19H2,1H3,(H,30,33). The van der Waals surface area contributed by atoms with Gasteiger partial charge in [-0.25, -0.2) is 13.1 Å². The van der Waals surface area contributed by atoms with Crippen LogP contribution in [0.5, 0.6) is 0 Å². The maximum atomic E-state index is 13.7. The molecule has 0 aliphatic rings. The summed E-state index contributed by atoms with van der Waals surface area (Å²) in [5.41, 5.74) is 1.17. The van der Waals surface area contributed by atoms with E-state index in [1.54, 1.807) is 67.6 Å². The van der Waals surface area contributed by atoms with Crippen LogP contribution in [0, 0.1) is 16.0 Å². The fraction of sp³-hybridized carbons (Fsp3) is 0.172. The summed E-state index contributed by atoms with van der Waals surface area (Å²) >= 11 is 0. The van der Waals surface area contributed by atoms with Crippen molar-refractivity contribution >= 4 is 44.0 Å². The molecule has 0 aliphatic heterocycles. The van der Waals surface area contributed by atoms with Crippen LogP contribution in [0.15, 0.2) is 102 Å². The minimum Gasteiger partial charge on any atom is -0.312 e. The molecule has 0 fully saturated rings. The number of aryl methyl sites for hydroxylation is 1. The fourth-order valence-electron chi connectivity index (χ4n) is 4.32. The van der Waals surface area contributed by atoms with Gasteiger partial charge in [0, 0.05) is 24.4 Å². The monoisotopic (exact) mass is 545 g/mol. The van der Waals surface area contributed by atoms with E-state index in [4.69, 9.17) is 0 Å². The molecule has 0 saturated heterocycles. The minimum absolute atomic E-state index is 0.000941. The molecule has 0 aliphatic carbocycles. The molecule has 2 amide bonds. The first-order chi connectivity index (χ1) is 18.7. The lowest BCUT2D eigenvalue weighted by atomic mass is 9.97. The van der Waals surface area contributed by atoms with Gasteiger partial charge in [-0.1, -0.05) is 60.7 Å². The lowest BCUT2D eigenvalue weighted by Gasteiger charge is -2.26. The van der Waals surface area contributed by atoms with Gasteiger partial charge in [0.15, 0.2) is 0 Å². The van der Waals surface area contributed by atoms with Crippen LogP contribution in [0.4, 0.5) is 11.4 Å². The quantitative estimate of drug-likeness (QED) is 0.172. The number of sulfonamides is 1. The molecular weight excluding hydrogens is 518 g/mol. The Balaban J connectivity index is 1.61. The molecule has 10 heteroatoms. The van der Waals surface area contributed by atoms with E-state index in [1.165, 1.54) is 29.2 Å². The number of nitrogens with zero attached hydrogens (tertiary/aromatic N) is 2. The van der Waals surface area contributed by atoms with E-state index in [0.29, 0.717) is 16.6 Å². The molecular formula is C29H27N3O6S. The van der Waals surface area contributed by atoms with Gasteiger partial charge in [-0.15, -0.1) is 0 Å². The molecule has 0 heterocycles. The Kier molecular flexibility index (Phi) is 8.36. The van der Waals surface area contributed by atoms with Crippen LogP contribution >= 0.6 is 0 Å². The molecule has 4 aromatic carbocycles. The van der Waals surface area contributed by atoms with Crippen molar-refractivity contribution in [1.29, 1.82) is 0 Å². The second-order valence-corrected chi connectivity index (χ2v) is 10.6. The van der Waals surface area contributed by atoms with E-state index in [9.17, 15) is 28.1 Å². The van der Waals surface area contributed by atoms with Gasteiger partial charge in [-0.3, -0.25) is 19.7 Å². The highest BCUT2D eigenvalue weighted by molar-refractivity contribution is 7.90. The second-order valence-electron chi connectivity index (χ2n) is 8.91. The van der Waals surface area contributed by atoms with Crippen LogP contribution in [-0.2, 0) is 26.0 Å². The van der Waals surface area contributed by atoms with Crippen molar-refractivity contribution in [2.24, 2.45) is 5.92 Å². The number of hydrogen-bond donors (Lipinski definition) is 1. The first kappa shape index (κ1) is 27.5. The largest absolute Gasteiger partial charge is 0.312 e. The maximum absolute atomic E-state index is 13.7. The van der Waals surface area contributed by atoms with Crippen LogP contribution in [0.2, 0.25) is 0 Å². The van der Waals surface area contributed by atoms with Crippen LogP contribution in [0.1, 0.15) is 18.9 Å². The third-order valence-electron chi connectivity index (χ3n) is 6.40. The van der Waals surface area contributed by atoms with E-state index in [1.807, 2.05) is 12.1 Å². The number of fused-ring (bicyclic) bond motifs is 1. The van der Waals surface area contributed by atoms with E-state index >= 15 is 0 Å². The zero-order valence-electron chi connectivity index (χ0n) is 21.2. The Labute approximate surface area is 226 Å². The van der Waals surface area contributed by atoms with E-state index in [0.717, 1.165) is 5.39 Å². The van der Waals surface area contributed by atoms with Gasteiger partial charge in [0.05, 0.1) is 9.82 Å². The van der Waals surface area contributed by atoms with Crippen LogP contribution < -0.4 is 9.62 Å². The predicted octanol–water partition coefficient (Wildman–Crippen LogP) is 4.86. The zero-order valence-corrected chi connectivity index (χ0v) is 22.0. The number of carbonyl (C=O) groups excluding carboxylic acids is 2. The molecule has 200 valence electrons. The van der Waals surface area contributed by atoms with Gasteiger partial charge < -0.3 is 4.90 Å². The maximum Gasteiger partial charge on any atom is 0.269 e. The third-order valence-corrected chi connectivity index (χ3v) is 7.74. The Hall–Kier alpha value is -4.57. The lowest BCUT2D eigenvalue weighted by molar-refractivity contribution is -0.384. The smallest absolute Gasteiger partial charge is 0.269 e. The van der Waals surface area contributed by atoms with Crippen molar-refractivity contribution < 1.29 is 22.9 Å². The topological polar surface area (TPSA) is 127 Å². The average Bonchev–Trinajstić information content (AvgIpc) is 2.94. The van der Waals surface area contributed by atoms with Gasteiger partial charge in [0.1, 0.15) is 5.92 Å². The number of rotatable bonds is 10. The normalized spacial score (nSPS) is 12.0. The number of amides is 2. The third kappa shape index (κ3) is 6.47. The fourth-order valence-corrected chi connectivity index (χ4v) is 5.38. The number of benzene rings is 4. The summed E-state index contributed by atoms with van der Waals surface area (Å²) in [5, 5.41) is 12.5. The number of carbonyl (C=O) groups is 2. The van der Waals surface area contributed by atoms with Crippen LogP contribution in [0.25, 0.3) is 10.8 Å². The summed E-state index contributed by atoms with van der Waals surface area (Å²) in [6, 6.07) is 26.4. The molecule has 0 radical (unpaired) electrons. The van der Waals surface area contributed by atoms with Crippen molar-refractivity contribution in [2.75, 3.05) is 11.4 Å². The molecule has 39 heavy (non-hydrogen) atoms. The van der Waals surface area contributed by atoms with Gasteiger partial charge in [-0.2, -0.15) is 0 Å². The molecule has 0 aromatic heterocycles. The van der Waals surface area contributed by atoms with Crippen LogP contribution in [0.3, 0.4) is 0 Å². The van der Waals surface area contributed by atoms with E-state index < -0.39 is 32.7 Å². The Morgan fingerprint density at radius 3 is 2.18 bits per heavy atom. The summed E-state index contributed by atoms with van der Waals surface area (Å²) in [7, 11) is -4.27. The van der Waals surface area contributed by atoms with Crippen molar-refractivity contribution in [1.82, 2.24) is 4.72 Å². The number of nitro groups is 1. The number of para-hydroxylation sites is 1. The van der Waals surface area contributed by atoms with Gasteiger partial charge >= 0.3 is 0 Å². The highest BCUT2D eigenvalue weighted by Gasteiger charge is 2.33. The van der Waals surface area contributed by atoms with Gasteiger partial charge in [-0.05, 0) is 60.4 Å². The number of anilines is 1. The first-order valence-electron chi connectivity index (χ1n) is 12.3. The highest BCUT2D eigenvalue weighted by Crippen LogP contribution is 2.23. The number of hydrogen-bond acceptors (Lipinski definition) is 6. The molecule has 1 unspecified atom stereocenters. The Morgan fingerprint density at radius 2 is 1.54 bits per heavy atom. The molecule has 0 bridgehead atoms. The summed E-state index contributed by atoms with van der Waals surface area (Å²) in [6.07, 6.45) is 0.225. The number of nitrogens with one attached hydrogen (secondary N) is 1. The van der Waals surface area contributed by atoms with E-state index in [2.05, 4.69) is 4.72 Å². The molecule has 1 atom stereocenters. The number of nitro benzene ring substituents is 1. The van der Waals surface area contributed by atoms with Gasteiger partial charge in [0.25, 0.3) is 15.7 Å². The molecule has 4 aromatic rings. The summed E-state index contributed by atoms with van der Waals surface area (Å²) < 4.78 is 28.5. The molecule has 4 rings (SSSR count). The number of non-ortho nitro benzene ring substituents is 1. The zero-order chi connectivity index (χ0) is 28.0. The van der Waals surface area contributed by atoms with E-state index in [-0.39, 0.29) is 30.0 Å². The predicted molar refractivity (Wildman–Crippen MR) is 149 cm³/mol. The van der Waals surface area contributed by atoms with Crippen molar-refractivity contribution in [3.8, 4) is 0 Å². The molecule has 9 nitrogen and oxygen atoms in total. The lowest BCUT2D eigenvalue weighted by Crippen LogP contribution is -2.45. The van der Waals surface area contributed by atoms with Crippen LogP contribution in [-0.4, -0.2) is 31.7 Å². The molecule has 0 spiro atoms. The summed E-state index contributed by atoms with van der Waals surface area (Å²) in [5.74, 6) is -2.81. The Morgan fingerprint density at radius 1 is 0.897 bits per heavy atom. The average molecular weight is 546 g/mol. The minimum atomic E-state index is -4.27.